The fourth-order valence-corrected chi connectivity index (χ4v) is 2.75. The van der Waals surface area contributed by atoms with Crippen molar-refractivity contribution in [1.29, 1.82) is 0 Å². The summed E-state index contributed by atoms with van der Waals surface area (Å²) >= 11 is 3.21. The SMILES string of the molecule is O=C(CBr)C1CC2(CCOC2)C1. The molecule has 2 fully saturated rings. The number of ether oxygens (including phenoxy) is 1. The summed E-state index contributed by atoms with van der Waals surface area (Å²) in [5, 5.41) is 0.522. The summed E-state index contributed by atoms with van der Waals surface area (Å²) in [5.41, 5.74) is 0.405. The highest BCUT2D eigenvalue weighted by molar-refractivity contribution is 9.09. The summed E-state index contributed by atoms with van der Waals surface area (Å²) in [5.74, 6) is 0.693. The molecule has 0 atom stereocenters. The number of carbonyl (C=O) groups excluding carboxylic acids is 1. The average Bonchev–Trinajstić information content (AvgIpc) is 2.48. The Hall–Kier alpha value is 0.110. The van der Waals surface area contributed by atoms with E-state index >= 15 is 0 Å². The maximum atomic E-state index is 11.2. The summed E-state index contributed by atoms with van der Waals surface area (Å²) in [6, 6.07) is 0. The number of alkyl halides is 1. The van der Waals surface area contributed by atoms with E-state index in [-0.39, 0.29) is 0 Å². The van der Waals surface area contributed by atoms with Crippen LogP contribution in [0, 0.1) is 11.3 Å². The van der Waals surface area contributed by atoms with Gasteiger partial charge in [-0.05, 0) is 24.7 Å². The Kier molecular flexibility index (Phi) is 2.25. The molecule has 1 saturated carbocycles. The Morgan fingerprint density at radius 2 is 2.33 bits per heavy atom. The van der Waals surface area contributed by atoms with Gasteiger partial charge in [0.25, 0.3) is 0 Å². The Morgan fingerprint density at radius 1 is 1.58 bits per heavy atom. The first-order valence-corrected chi connectivity index (χ1v) is 5.54. The molecule has 3 heteroatoms. The molecule has 1 heterocycles. The monoisotopic (exact) mass is 232 g/mol. The fourth-order valence-electron chi connectivity index (χ4n) is 2.29. The van der Waals surface area contributed by atoms with E-state index in [1.54, 1.807) is 0 Å². The Morgan fingerprint density at radius 3 is 2.83 bits per heavy atom. The zero-order valence-electron chi connectivity index (χ0n) is 7.01. The number of halogens is 1. The minimum absolute atomic E-state index is 0.325. The molecular weight excluding hydrogens is 220 g/mol. The van der Waals surface area contributed by atoms with Crippen molar-refractivity contribution in [3.05, 3.63) is 0 Å². The van der Waals surface area contributed by atoms with E-state index < -0.39 is 0 Å². The predicted octanol–water partition coefficient (Wildman–Crippen LogP) is 1.77. The minimum Gasteiger partial charge on any atom is -0.381 e. The lowest BCUT2D eigenvalue weighted by Gasteiger charge is -2.43. The van der Waals surface area contributed by atoms with E-state index in [1.165, 1.54) is 6.42 Å². The van der Waals surface area contributed by atoms with Gasteiger partial charge in [-0.2, -0.15) is 0 Å². The molecule has 12 heavy (non-hydrogen) atoms. The Labute approximate surface area is 80.8 Å². The van der Waals surface area contributed by atoms with Gasteiger partial charge in [0.15, 0.2) is 0 Å². The van der Waals surface area contributed by atoms with Crippen molar-refractivity contribution >= 4 is 21.7 Å². The molecule has 2 aliphatic rings. The van der Waals surface area contributed by atoms with Crippen molar-refractivity contribution < 1.29 is 9.53 Å². The van der Waals surface area contributed by atoms with Crippen LogP contribution >= 0.6 is 15.9 Å². The molecule has 0 aromatic heterocycles. The van der Waals surface area contributed by atoms with Crippen molar-refractivity contribution in [3.8, 4) is 0 Å². The van der Waals surface area contributed by atoms with Crippen LogP contribution in [0.5, 0.6) is 0 Å². The first-order valence-electron chi connectivity index (χ1n) is 4.42. The molecule has 2 nitrogen and oxygen atoms in total. The van der Waals surface area contributed by atoms with Crippen molar-refractivity contribution in [3.63, 3.8) is 0 Å². The topological polar surface area (TPSA) is 26.3 Å². The van der Waals surface area contributed by atoms with E-state index in [0.29, 0.717) is 22.4 Å². The number of Topliss-reactive ketones (excluding diaryl/α,β-unsaturated/α-hetero) is 1. The zero-order chi connectivity index (χ0) is 8.60. The number of hydrogen-bond acceptors (Lipinski definition) is 2. The molecule has 0 aromatic carbocycles. The lowest BCUT2D eigenvalue weighted by atomic mass is 9.60. The largest absolute Gasteiger partial charge is 0.381 e. The summed E-state index contributed by atoms with van der Waals surface area (Å²) < 4.78 is 5.34. The molecule has 1 aliphatic heterocycles. The fraction of sp³-hybridized carbons (Fsp3) is 0.889. The smallest absolute Gasteiger partial charge is 0.146 e. The number of hydrogen-bond donors (Lipinski definition) is 0. The standard InChI is InChI=1S/C9H13BrO2/c10-5-8(11)7-3-9(4-7)1-2-12-6-9/h7H,1-6H2. The van der Waals surface area contributed by atoms with Crippen LogP contribution in [-0.2, 0) is 9.53 Å². The van der Waals surface area contributed by atoms with E-state index in [2.05, 4.69) is 15.9 Å². The lowest BCUT2D eigenvalue weighted by molar-refractivity contribution is -0.127. The van der Waals surface area contributed by atoms with E-state index in [4.69, 9.17) is 4.74 Å². The highest BCUT2D eigenvalue weighted by atomic mass is 79.9. The normalized spacial score (nSPS) is 39.9. The van der Waals surface area contributed by atoms with Gasteiger partial charge in [-0.25, -0.2) is 0 Å². The molecule has 0 unspecified atom stereocenters. The molecule has 1 saturated heterocycles. The second-order valence-electron chi connectivity index (χ2n) is 4.01. The Bertz CT molecular complexity index is 189. The number of ketones is 1. The van der Waals surface area contributed by atoms with Crippen LogP contribution in [0.3, 0.4) is 0 Å². The first kappa shape index (κ1) is 8.70. The van der Waals surface area contributed by atoms with Gasteiger partial charge >= 0.3 is 0 Å². The van der Waals surface area contributed by atoms with Gasteiger partial charge in [0.05, 0.1) is 11.9 Å². The minimum atomic E-state index is 0.325. The van der Waals surface area contributed by atoms with Crippen LogP contribution in [0.2, 0.25) is 0 Å². The van der Waals surface area contributed by atoms with Gasteiger partial charge in [0.2, 0.25) is 0 Å². The van der Waals surface area contributed by atoms with Crippen LogP contribution in [-0.4, -0.2) is 24.3 Å². The maximum absolute atomic E-state index is 11.2. The quantitative estimate of drug-likeness (QED) is 0.679. The summed E-state index contributed by atoms with van der Waals surface area (Å²) in [6.45, 7) is 1.79. The molecule has 1 spiro atoms. The van der Waals surface area contributed by atoms with Gasteiger partial charge in [0, 0.05) is 12.5 Å². The Balaban J connectivity index is 1.86. The number of rotatable bonds is 2. The van der Waals surface area contributed by atoms with Crippen molar-refractivity contribution in [2.45, 2.75) is 19.3 Å². The summed E-state index contributed by atoms with van der Waals surface area (Å²) in [4.78, 5) is 11.2. The third kappa shape index (κ3) is 1.33. The highest BCUT2D eigenvalue weighted by Crippen LogP contribution is 2.51. The lowest BCUT2D eigenvalue weighted by Crippen LogP contribution is -2.41. The third-order valence-electron chi connectivity index (χ3n) is 3.13. The summed E-state index contributed by atoms with van der Waals surface area (Å²) in [7, 11) is 0. The highest BCUT2D eigenvalue weighted by Gasteiger charge is 2.48. The molecule has 0 amide bonds. The zero-order valence-corrected chi connectivity index (χ0v) is 8.60. The predicted molar refractivity (Wildman–Crippen MR) is 49.4 cm³/mol. The van der Waals surface area contributed by atoms with E-state index in [9.17, 15) is 4.79 Å². The summed E-state index contributed by atoms with van der Waals surface area (Å²) in [6.07, 6.45) is 3.30. The van der Waals surface area contributed by atoms with Gasteiger partial charge in [0.1, 0.15) is 5.78 Å². The van der Waals surface area contributed by atoms with E-state index in [1.807, 2.05) is 0 Å². The second kappa shape index (κ2) is 3.11. The van der Waals surface area contributed by atoms with Crippen LogP contribution in [0.15, 0.2) is 0 Å². The van der Waals surface area contributed by atoms with Gasteiger partial charge in [-0.3, -0.25) is 4.79 Å². The van der Waals surface area contributed by atoms with Crippen molar-refractivity contribution in [2.24, 2.45) is 11.3 Å². The van der Waals surface area contributed by atoms with Gasteiger partial charge in [-0.1, -0.05) is 15.9 Å². The van der Waals surface area contributed by atoms with Crippen molar-refractivity contribution in [2.75, 3.05) is 18.5 Å². The molecule has 2 rings (SSSR count). The van der Waals surface area contributed by atoms with Crippen molar-refractivity contribution in [1.82, 2.24) is 0 Å². The van der Waals surface area contributed by atoms with Gasteiger partial charge in [-0.15, -0.1) is 0 Å². The molecule has 0 radical (unpaired) electrons. The average molecular weight is 233 g/mol. The van der Waals surface area contributed by atoms with E-state index in [0.717, 1.165) is 26.1 Å². The second-order valence-corrected chi connectivity index (χ2v) is 4.57. The molecule has 68 valence electrons. The van der Waals surface area contributed by atoms with Crippen LogP contribution in [0.1, 0.15) is 19.3 Å². The van der Waals surface area contributed by atoms with Crippen LogP contribution in [0.25, 0.3) is 0 Å². The van der Waals surface area contributed by atoms with Crippen LogP contribution in [0.4, 0.5) is 0 Å². The third-order valence-corrected chi connectivity index (χ3v) is 3.68. The maximum Gasteiger partial charge on any atom is 0.146 e. The number of carbonyl (C=O) groups is 1. The first-order chi connectivity index (χ1) is 5.76. The molecule has 0 bridgehead atoms. The van der Waals surface area contributed by atoms with Crippen LogP contribution < -0.4 is 0 Å². The molecule has 1 aliphatic carbocycles. The van der Waals surface area contributed by atoms with Gasteiger partial charge < -0.3 is 4.74 Å². The molecule has 0 aromatic rings. The molecule has 0 N–H and O–H groups in total. The molecular formula is C9H13BrO2.